The molecule has 3 rings (SSSR count). The van der Waals surface area contributed by atoms with E-state index in [2.05, 4.69) is 40.5 Å². The Morgan fingerprint density at radius 3 is 2.56 bits per heavy atom. The van der Waals surface area contributed by atoms with Gasteiger partial charge in [0.1, 0.15) is 11.6 Å². The quantitative estimate of drug-likeness (QED) is 0.746. The zero-order valence-corrected chi connectivity index (χ0v) is 15.0. The van der Waals surface area contributed by atoms with Gasteiger partial charge in [-0.1, -0.05) is 12.1 Å². The fraction of sp³-hybridized carbons (Fsp3) is 0.316. The summed E-state index contributed by atoms with van der Waals surface area (Å²) in [7, 11) is 1.66. The van der Waals surface area contributed by atoms with Crippen LogP contribution in [0.1, 0.15) is 18.3 Å². The van der Waals surface area contributed by atoms with Gasteiger partial charge in [0.25, 0.3) is 0 Å². The molecule has 0 aliphatic carbocycles. The maximum atomic E-state index is 5.38. The van der Waals surface area contributed by atoms with Crippen LogP contribution in [0.15, 0.2) is 42.5 Å². The SMILES string of the molecule is COc1ccccc1-c1ccc(N[C@@H](C)Cn2nc(C)cc2C)nn1. The van der Waals surface area contributed by atoms with Crippen LogP contribution >= 0.6 is 0 Å². The Bertz CT molecular complexity index is 841. The molecule has 0 aliphatic heterocycles. The first-order valence-electron chi connectivity index (χ1n) is 8.31. The van der Waals surface area contributed by atoms with Gasteiger partial charge >= 0.3 is 0 Å². The maximum Gasteiger partial charge on any atom is 0.148 e. The predicted octanol–water partition coefficient (Wildman–Crippen LogP) is 3.47. The Morgan fingerprint density at radius 1 is 1.12 bits per heavy atom. The Morgan fingerprint density at radius 2 is 1.92 bits per heavy atom. The van der Waals surface area contributed by atoms with Crippen molar-refractivity contribution >= 4 is 5.82 Å². The van der Waals surface area contributed by atoms with Crippen LogP contribution in [0, 0.1) is 13.8 Å². The van der Waals surface area contributed by atoms with Crippen molar-refractivity contribution in [3.8, 4) is 17.0 Å². The third kappa shape index (κ3) is 3.96. The average molecular weight is 337 g/mol. The molecule has 6 nitrogen and oxygen atoms in total. The van der Waals surface area contributed by atoms with E-state index in [0.29, 0.717) is 0 Å². The second kappa shape index (κ2) is 7.34. The van der Waals surface area contributed by atoms with E-state index in [1.165, 1.54) is 0 Å². The number of nitrogens with zero attached hydrogens (tertiary/aromatic N) is 4. The van der Waals surface area contributed by atoms with Gasteiger partial charge in [-0.05, 0) is 51.1 Å². The largest absolute Gasteiger partial charge is 0.496 e. The minimum Gasteiger partial charge on any atom is -0.496 e. The van der Waals surface area contributed by atoms with E-state index in [0.717, 1.165) is 40.8 Å². The molecule has 0 fully saturated rings. The number of aromatic nitrogens is 4. The molecule has 1 aromatic carbocycles. The van der Waals surface area contributed by atoms with Crippen LogP contribution in [0.4, 0.5) is 5.82 Å². The van der Waals surface area contributed by atoms with Crippen molar-refractivity contribution < 1.29 is 4.74 Å². The number of para-hydroxylation sites is 1. The van der Waals surface area contributed by atoms with E-state index >= 15 is 0 Å². The van der Waals surface area contributed by atoms with E-state index in [4.69, 9.17) is 4.74 Å². The van der Waals surface area contributed by atoms with Crippen molar-refractivity contribution in [2.24, 2.45) is 0 Å². The molecule has 0 bridgehead atoms. The third-order valence-corrected chi connectivity index (χ3v) is 3.99. The standard InChI is InChI=1S/C19H23N5O/c1-13-11-15(3)24(23-13)12-14(2)20-19-10-9-17(21-22-19)16-7-5-6-8-18(16)25-4/h5-11,14H,12H2,1-4H3,(H,20,22)/t14-/m0/s1. The number of aryl methyl sites for hydroxylation is 2. The van der Waals surface area contributed by atoms with Crippen molar-refractivity contribution in [3.63, 3.8) is 0 Å². The van der Waals surface area contributed by atoms with Crippen LogP contribution in [0.3, 0.4) is 0 Å². The van der Waals surface area contributed by atoms with Gasteiger partial charge in [-0.25, -0.2) is 0 Å². The number of anilines is 1. The van der Waals surface area contributed by atoms with Crippen LogP contribution in [0.5, 0.6) is 5.75 Å². The Kier molecular flexibility index (Phi) is 4.97. The van der Waals surface area contributed by atoms with Crippen LogP contribution in [-0.4, -0.2) is 33.1 Å². The Balaban J connectivity index is 1.69. The van der Waals surface area contributed by atoms with E-state index in [9.17, 15) is 0 Å². The molecule has 0 radical (unpaired) electrons. The first-order valence-corrected chi connectivity index (χ1v) is 8.31. The van der Waals surface area contributed by atoms with Crippen LogP contribution in [0.25, 0.3) is 11.3 Å². The molecule has 0 spiro atoms. The first kappa shape index (κ1) is 17.0. The van der Waals surface area contributed by atoms with E-state index in [1.807, 2.05) is 48.0 Å². The van der Waals surface area contributed by atoms with Gasteiger partial charge in [-0.2, -0.15) is 5.10 Å². The summed E-state index contributed by atoms with van der Waals surface area (Å²) in [5.41, 5.74) is 3.91. The van der Waals surface area contributed by atoms with Gasteiger partial charge in [0.2, 0.25) is 0 Å². The van der Waals surface area contributed by atoms with Gasteiger partial charge in [0.05, 0.1) is 25.0 Å². The van der Waals surface area contributed by atoms with Gasteiger partial charge in [0.15, 0.2) is 0 Å². The Labute approximate surface area is 147 Å². The Hall–Kier alpha value is -2.89. The number of hydrogen-bond acceptors (Lipinski definition) is 5. The summed E-state index contributed by atoms with van der Waals surface area (Å²) in [5, 5.41) is 16.5. The predicted molar refractivity (Wildman–Crippen MR) is 98.8 cm³/mol. The number of hydrogen-bond donors (Lipinski definition) is 1. The molecule has 0 saturated heterocycles. The lowest BCUT2D eigenvalue weighted by atomic mass is 10.1. The molecular formula is C19H23N5O. The molecule has 130 valence electrons. The summed E-state index contributed by atoms with van der Waals surface area (Å²) >= 11 is 0. The topological polar surface area (TPSA) is 64.9 Å². The molecule has 2 aromatic heterocycles. The van der Waals surface area contributed by atoms with Gasteiger partial charge in [0, 0.05) is 17.3 Å². The van der Waals surface area contributed by atoms with E-state index in [1.54, 1.807) is 7.11 Å². The molecule has 3 aromatic rings. The molecule has 0 unspecified atom stereocenters. The number of methoxy groups -OCH3 is 1. The molecule has 2 heterocycles. The van der Waals surface area contributed by atoms with Gasteiger partial charge < -0.3 is 10.1 Å². The number of benzene rings is 1. The number of ether oxygens (including phenoxy) is 1. The van der Waals surface area contributed by atoms with Crippen LogP contribution in [0.2, 0.25) is 0 Å². The van der Waals surface area contributed by atoms with Crippen molar-refractivity contribution in [2.75, 3.05) is 12.4 Å². The molecule has 6 heteroatoms. The summed E-state index contributed by atoms with van der Waals surface area (Å²) < 4.78 is 7.38. The molecule has 1 atom stereocenters. The molecule has 25 heavy (non-hydrogen) atoms. The lowest BCUT2D eigenvalue weighted by molar-refractivity contribution is 0.416. The monoisotopic (exact) mass is 337 g/mol. The lowest BCUT2D eigenvalue weighted by Crippen LogP contribution is -2.24. The molecule has 0 amide bonds. The normalized spacial score (nSPS) is 12.0. The first-order chi connectivity index (χ1) is 12.1. The average Bonchev–Trinajstić information content (AvgIpc) is 2.92. The zero-order valence-electron chi connectivity index (χ0n) is 15.0. The summed E-state index contributed by atoms with van der Waals surface area (Å²) in [6.45, 7) is 6.94. The smallest absolute Gasteiger partial charge is 0.148 e. The molecule has 0 aliphatic rings. The maximum absolute atomic E-state index is 5.38. The second-order valence-corrected chi connectivity index (χ2v) is 6.16. The van der Waals surface area contributed by atoms with Crippen LogP contribution < -0.4 is 10.1 Å². The highest BCUT2D eigenvalue weighted by Gasteiger charge is 2.10. The zero-order chi connectivity index (χ0) is 17.8. The highest BCUT2D eigenvalue weighted by molar-refractivity contribution is 5.67. The highest BCUT2D eigenvalue weighted by Crippen LogP contribution is 2.27. The van der Waals surface area contributed by atoms with Gasteiger partial charge in [-0.3, -0.25) is 4.68 Å². The fourth-order valence-corrected chi connectivity index (χ4v) is 2.83. The summed E-state index contributed by atoms with van der Waals surface area (Å²) in [6.07, 6.45) is 0. The van der Waals surface area contributed by atoms with Crippen LogP contribution in [-0.2, 0) is 6.54 Å². The van der Waals surface area contributed by atoms with E-state index < -0.39 is 0 Å². The summed E-state index contributed by atoms with van der Waals surface area (Å²) in [6, 6.07) is 13.9. The van der Waals surface area contributed by atoms with Crippen molar-refractivity contribution in [2.45, 2.75) is 33.4 Å². The lowest BCUT2D eigenvalue weighted by Gasteiger charge is -2.15. The second-order valence-electron chi connectivity index (χ2n) is 6.16. The number of nitrogens with one attached hydrogen (secondary N) is 1. The van der Waals surface area contributed by atoms with Crippen molar-refractivity contribution in [1.29, 1.82) is 0 Å². The third-order valence-electron chi connectivity index (χ3n) is 3.99. The minimum absolute atomic E-state index is 0.185. The molecule has 0 saturated carbocycles. The fourth-order valence-electron chi connectivity index (χ4n) is 2.83. The summed E-state index contributed by atoms with van der Waals surface area (Å²) in [5.74, 6) is 1.53. The highest BCUT2D eigenvalue weighted by atomic mass is 16.5. The van der Waals surface area contributed by atoms with Gasteiger partial charge in [-0.15, -0.1) is 10.2 Å². The summed E-state index contributed by atoms with van der Waals surface area (Å²) in [4.78, 5) is 0. The van der Waals surface area contributed by atoms with Crippen molar-refractivity contribution in [1.82, 2.24) is 20.0 Å². The van der Waals surface area contributed by atoms with E-state index in [-0.39, 0.29) is 6.04 Å². The van der Waals surface area contributed by atoms with Crippen molar-refractivity contribution in [3.05, 3.63) is 53.9 Å². The molecular weight excluding hydrogens is 314 g/mol. The molecule has 1 N–H and O–H groups in total. The number of rotatable bonds is 6. The minimum atomic E-state index is 0.185.